The Bertz CT molecular complexity index is 1030. The second kappa shape index (κ2) is 8.53. The van der Waals surface area contributed by atoms with Crippen molar-refractivity contribution >= 4 is 16.1 Å². The third kappa shape index (κ3) is 4.86. The maximum absolute atomic E-state index is 12.4. The number of nitrogens with zero attached hydrogens (tertiary/aromatic N) is 1. The van der Waals surface area contributed by atoms with Gasteiger partial charge >= 0.3 is 16.1 Å². The number of pyridine rings is 1. The standard InChI is InChI=1S/C20H17NO6S/c1-2-25-20(22)15-6-12-18(13-7-15)28(23,24)27-17-10-8-16(9-11-17)26-19-5-3-4-14-21-19/h3-14H,2H2,1H3. The molecule has 0 saturated heterocycles. The molecule has 1 aromatic heterocycles. The SMILES string of the molecule is CCOC(=O)c1ccc(S(=O)(=O)Oc2ccc(Oc3ccccn3)cc2)cc1. The van der Waals surface area contributed by atoms with Crippen molar-refractivity contribution < 1.29 is 26.9 Å². The van der Waals surface area contributed by atoms with E-state index in [2.05, 4.69) is 4.98 Å². The number of hydrogen-bond acceptors (Lipinski definition) is 7. The first-order valence-corrected chi connectivity index (χ1v) is 9.79. The highest BCUT2D eigenvalue weighted by molar-refractivity contribution is 7.87. The van der Waals surface area contributed by atoms with E-state index in [1.165, 1.54) is 36.4 Å². The molecule has 0 N–H and O–H groups in total. The molecule has 8 heteroatoms. The Morgan fingerprint density at radius 3 is 2.21 bits per heavy atom. The van der Waals surface area contributed by atoms with Gasteiger partial charge in [0.15, 0.2) is 0 Å². The second-order valence-electron chi connectivity index (χ2n) is 5.52. The zero-order valence-corrected chi connectivity index (χ0v) is 15.8. The topological polar surface area (TPSA) is 91.8 Å². The molecule has 0 aliphatic rings. The lowest BCUT2D eigenvalue weighted by Gasteiger charge is -2.09. The van der Waals surface area contributed by atoms with E-state index in [-0.39, 0.29) is 22.8 Å². The lowest BCUT2D eigenvalue weighted by atomic mass is 10.2. The molecule has 0 fully saturated rings. The highest BCUT2D eigenvalue weighted by Crippen LogP contribution is 2.24. The largest absolute Gasteiger partial charge is 0.462 e. The van der Waals surface area contributed by atoms with Crippen molar-refractivity contribution in [3.05, 3.63) is 78.5 Å². The highest BCUT2D eigenvalue weighted by atomic mass is 32.2. The van der Waals surface area contributed by atoms with Crippen LogP contribution in [0.3, 0.4) is 0 Å². The fourth-order valence-corrected chi connectivity index (χ4v) is 3.17. The quantitative estimate of drug-likeness (QED) is 0.440. The number of rotatable bonds is 7. The average Bonchev–Trinajstić information content (AvgIpc) is 2.70. The van der Waals surface area contributed by atoms with Crippen LogP contribution in [0.15, 0.2) is 77.8 Å². The third-order valence-corrected chi connectivity index (χ3v) is 4.81. The van der Waals surface area contributed by atoms with Gasteiger partial charge in [0.1, 0.15) is 16.4 Å². The lowest BCUT2D eigenvalue weighted by molar-refractivity contribution is 0.0526. The molecule has 2 aromatic carbocycles. The van der Waals surface area contributed by atoms with Crippen molar-refractivity contribution in [2.75, 3.05) is 6.61 Å². The Labute approximate surface area is 162 Å². The molecule has 1 heterocycles. The van der Waals surface area contributed by atoms with Crippen molar-refractivity contribution in [1.82, 2.24) is 4.98 Å². The molecule has 0 bridgehead atoms. The molecule has 0 radical (unpaired) electrons. The van der Waals surface area contributed by atoms with Gasteiger partial charge in [-0.3, -0.25) is 0 Å². The molecule has 144 valence electrons. The second-order valence-corrected chi connectivity index (χ2v) is 7.07. The molecule has 3 rings (SSSR count). The summed E-state index contributed by atoms with van der Waals surface area (Å²) in [7, 11) is -4.05. The minimum absolute atomic E-state index is 0.0747. The van der Waals surface area contributed by atoms with Gasteiger partial charge in [-0.25, -0.2) is 9.78 Å². The van der Waals surface area contributed by atoms with Crippen molar-refractivity contribution in [3.63, 3.8) is 0 Å². The van der Waals surface area contributed by atoms with Crippen LogP contribution in [-0.2, 0) is 14.9 Å². The zero-order chi connectivity index (χ0) is 20.0. The molecule has 3 aromatic rings. The highest BCUT2D eigenvalue weighted by Gasteiger charge is 2.18. The van der Waals surface area contributed by atoms with Crippen LogP contribution < -0.4 is 8.92 Å². The number of ether oxygens (including phenoxy) is 2. The molecule has 7 nitrogen and oxygen atoms in total. The smallest absolute Gasteiger partial charge is 0.339 e. The Balaban J connectivity index is 1.69. The summed E-state index contributed by atoms with van der Waals surface area (Å²) in [6, 6.07) is 16.7. The van der Waals surface area contributed by atoms with Gasteiger partial charge in [-0.05, 0) is 61.5 Å². The summed E-state index contributed by atoms with van der Waals surface area (Å²) in [6.45, 7) is 1.93. The van der Waals surface area contributed by atoms with Gasteiger partial charge < -0.3 is 13.7 Å². The van der Waals surface area contributed by atoms with E-state index in [1.54, 1.807) is 43.5 Å². The number of aromatic nitrogens is 1. The summed E-state index contributed by atoms with van der Waals surface area (Å²) in [5.41, 5.74) is 0.261. The van der Waals surface area contributed by atoms with Crippen LogP contribution in [0.5, 0.6) is 17.4 Å². The zero-order valence-electron chi connectivity index (χ0n) is 14.9. The number of carbonyl (C=O) groups excluding carboxylic acids is 1. The summed E-state index contributed by atoms with van der Waals surface area (Å²) in [5.74, 6) is 0.520. The van der Waals surface area contributed by atoms with Crippen molar-refractivity contribution in [1.29, 1.82) is 0 Å². The van der Waals surface area contributed by atoms with Crippen LogP contribution in [0.1, 0.15) is 17.3 Å². The lowest BCUT2D eigenvalue weighted by Crippen LogP contribution is -2.10. The predicted molar refractivity (Wildman–Crippen MR) is 101 cm³/mol. The molecule has 0 spiro atoms. The van der Waals surface area contributed by atoms with Gasteiger partial charge in [-0.15, -0.1) is 0 Å². The minimum Gasteiger partial charge on any atom is -0.462 e. The summed E-state index contributed by atoms with van der Waals surface area (Å²) >= 11 is 0. The van der Waals surface area contributed by atoms with E-state index in [1.807, 2.05) is 0 Å². The van der Waals surface area contributed by atoms with Gasteiger partial charge in [0.25, 0.3) is 0 Å². The van der Waals surface area contributed by atoms with Gasteiger partial charge in [0.2, 0.25) is 5.88 Å². The Hall–Kier alpha value is -3.39. The Kier molecular flexibility index (Phi) is 5.90. The van der Waals surface area contributed by atoms with Crippen LogP contribution >= 0.6 is 0 Å². The summed E-state index contributed by atoms with van der Waals surface area (Å²) in [6.07, 6.45) is 1.60. The van der Waals surface area contributed by atoms with E-state index in [0.29, 0.717) is 11.6 Å². The molecular formula is C20H17NO6S. The van der Waals surface area contributed by atoms with Gasteiger partial charge in [0, 0.05) is 12.3 Å². The number of esters is 1. The first-order chi connectivity index (χ1) is 13.5. The van der Waals surface area contributed by atoms with Gasteiger partial charge in [-0.2, -0.15) is 8.42 Å². The molecule has 0 saturated carbocycles. The van der Waals surface area contributed by atoms with Crippen molar-refractivity contribution in [3.8, 4) is 17.4 Å². The van der Waals surface area contributed by atoms with Crippen molar-refractivity contribution in [2.24, 2.45) is 0 Å². The number of hydrogen-bond donors (Lipinski definition) is 0. The van der Waals surface area contributed by atoms with Crippen LogP contribution in [0.4, 0.5) is 0 Å². The van der Waals surface area contributed by atoms with E-state index in [4.69, 9.17) is 13.7 Å². The summed E-state index contributed by atoms with van der Waals surface area (Å²) in [5, 5.41) is 0. The monoisotopic (exact) mass is 399 g/mol. The summed E-state index contributed by atoms with van der Waals surface area (Å²) < 4.78 is 40.3. The molecule has 0 amide bonds. The third-order valence-electron chi connectivity index (χ3n) is 3.54. The van der Waals surface area contributed by atoms with Crippen molar-refractivity contribution in [2.45, 2.75) is 11.8 Å². The average molecular weight is 399 g/mol. The van der Waals surface area contributed by atoms with E-state index in [0.717, 1.165) is 0 Å². The van der Waals surface area contributed by atoms with E-state index >= 15 is 0 Å². The fraction of sp³-hybridized carbons (Fsp3) is 0.100. The van der Waals surface area contributed by atoms with Crippen LogP contribution in [0.25, 0.3) is 0 Å². The maximum Gasteiger partial charge on any atom is 0.339 e. The molecular weight excluding hydrogens is 382 g/mol. The number of carbonyl (C=O) groups is 1. The maximum atomic E-state index is 12.4. The van der Waals surface area contributed by atoms with Crippen LogP contribution in [0.2, 0.25) is 0 Å². The first-order valence-electron chi connectivity index (χ1n) is 8.38. The van der Waals surface area contributed by atoms with Gasteiger partial charge in [-0.1, -0.05) is 6.07 Å². The fourth-order valence-electron chi connectivity index (χ4n) is 2.24. The number of benzene rings is 2. The molecule has 0 aliphatic heterocycles. The van der Waals surface area contributed by atoms with Gasteiger partial charge in [0.05, 0.1) is 12.2 Å². The molecule has 0 unspecified atom stereocenters. The molecule has 28 heavy (non-hydrogen) atoms. The first kappa shape index (κ1) is 19.4. The Morgan fingerprint density at radius 1 is 0.929 bits per heavy atom. The van der Waals surface area contributed by atoms with Crippen LogP contribution in [-0.4, -0.2) is 26.0 Å². The minimum atomic E-state index is -4.05. The molecule has 0 aliphatic carbocycles. The Morgan fingerprint density at radius 2 is 1.61 bits per heavy atom. The van der Waals surface area contributed by atoms with Crippen LogP contribution in [0, 0.1) is 0 Å². The predicted octanol–water partition coefficient (Wildman–Crippen LogP) is 3.82. The summed E-state index contributed by atoms with van der Waals surface area (Å²) in [4.78, 5) is 15.6. The van der Waals surface area contributed by atoms with E-state index in [9.17, 15) is 13.2 Å². The van der Waals surface area contributed by atoms with E-state index < -0.39 is 16.1 Å². The molecule has 0 atom stereocenters. The normalized spacial score (nSPS) is 10.9.